The topological polar surface area (TPSA) is 85.2 Å². The molecule has 156 valence electrons. The van der Waals surface area contributed by atoms with Crippen molar-refractivity contribution < 1.29 is 4.74 Å². The molecule has 2 unspecified atom stereocenters. The van der Waals surface area contributed by atoms with Crippen LogP contribution in [0.25, 0.3) is 0 Å². The number of nitrogens with one attached hydrogen (secondary N) is 1. The van der Waals surface area contributed by atoms with E-state index in [0.717, 1.165) is 44.6 Å². The predicted molar refractivity (Wildman–Crippen MR) is 113 cm³/mol. The van der Waals surface area contributed by atoms with Crippen LogP contribution in [-0.2, 0) is 6.54 Å². The Morgan fingerprint density at radius 2 is 2.03 bits per heavy atom. The van der Waals surface area contributed by atoms with Crippen LogP contribution in [0, 0.1) is 5.92 Å². The lowest BCUT2D eigenvalue weighted by molar-refractivity contribution is 0.353. The minimum absolute atomic E-state index is 0.0731. The van der Waals surface area contributed by atoms with Crippen LogP contribution in [0.3, 0.4) is 0 Å². The molecule has 3 aliphatic rings. The van der Waals surface area contributed by atoms with Gasteiger partial charge in [-0.05, 0) is 31.2 Å². The van der Waals surface area contributed by atoms with Crippen molar-refractivity contribution in [3.63, 3.8) is 0 Å². The second-order valence-electron chi connectivity index (χ2n) is 7.94. The fraction of sp³-hybridized carbons (Fsp3) is 0.619. The summed E-state index contributed by atoms with van der Waals surface area (Å²) < 4.78 is 7.27. The van der Waals surface area contributed by atoms with Gasteiger partial charge < -0.3 is 19.5 Å². The second-order valence-corrected chi connectivity index (χ2v) is 7.94. The summed E-state index contributed by atoms with van der Waals surface area (Å²) in [6.07, 6.45) is 6.83. The molecule has 1 N–H and O–H groups in total. The number of rotatable bonds is 8. The third-order valence-corrected chi connectivity index (χ3v) is 5.90. The number of hydrogen-bond acceptors (Lipinski definition) is 7. The Morgan fingerprint density at radius 3 is 2.86 bits per heavy atom. The van der Waals surface area contributed by atoms with Gasteiger partial charge in [0, 0.05) is 31.4 Å². The molecule has 8 heteroatoms. The summed E-state index contributed by atoms with van der Waals surface area (Å²) in [5, 5.41) is 3.32. The Labute approximate surface area is 171 Å². The van der Waals surface area contributed by atoms with Gasteiger partial charge in [-0.25, -0.2) is 0 Å². The molecule has 0 aliphatic carbocycles. The summed E-state index contributed by atoms with van der Waals surface area (Å²) >= 11 is 0. The van der Waals surface area contributed by atoms with Gasteiger partial charge in [-0.15, -0.1) is 0 Å². The largest absolute Gasteiger partial charge is 0.467 e. The van der Waals surface area contributed by atoms with Crippen LogP contribution in [-0.4, -0.2) is 39.7 Å². The minimum Gasteiger partial charge on any atom is -0.467 e. The third kappa shape index (κ3) is 4.21. The van der Waals surface area contributed by atoms with Crippen LogP contribution in [0.1, 0.15) is 57.2 Å². The lowest BCUT2D eigenvalue weighted by atomic mass is 9.94. The Bertz CT molecular complexity index is 899. The molecule has 8 nitrogen and oxygen atoms in total. The van der Waals surface area contributed by atoms with E-state index in [-0.39, 0.29) is 11.6 Å². The van der Waals surface area contributed by atoms with Crippen molar-refractivity contribution >= 4 is 11.9 Å². The molecule has 2 aromatic rings. The number of pyridine rings is 1. The van der Waals surface area contributed by atoms with Crippen molar-refractivity contribution in [2.45, 2.75) is 58.0 Å². The van der Waals surface area contributed by atoms with Crippen LogP contribution in [0.2, 0.25) is 0 Å². The second kappa shape index (κ2) is 8.80. The van der Waals surface area contributed by atoms with Crippen LogP contribution < -0.4 is 20.5 Å². The average molecular weight is 399 g/mol. The molecule has 3 aliphatic heterocycles. The smallest absolute Gasteiger partial charge is 0.322 e. The first-order valence-corrected chi connectivity index (χ1v) is 10.7. The Balaban J connectivity index is 1.60. The number of anilines is 2. The number of unbranched alkanes of at least 4 members (excludes halogenated alkanes) is 3. The van der Waals surface area contributed by atoms with E-state index < -0.39 is 0 Å². The molecule has 5 rings (SSSR count). The molecule has 0 spiro atoms. The zero-order valence-electron chi connectivity index (χ0n) is 17.3. The number of fused-ring (bicyclic) bond motifs is 2. The van der Waals surface area contributed by atoms with Gasteiger partial charge in [0.1, 0.15) is 0 Å². The quantitative estimate of drug-likeness (QED) is 0.684. The van der Waals surface area contributed by atoms with Crippen LogP contribution >= 0.6 is 0 Å². The highest BCUT2D eigenvalue weighted by molar-refractivity contribution is 5.42. The van der Waals surface area contributed by atoms with Crippen molar-refractivity contribution in [2.24, 2.45) is 5.92 Å². The maximum absolute atomic E-state index is 12.4. The van der Waals surface area contributed by atoms with Gasteiger partial charge in [-0.3, -0.25) is 4.79 Å². The molecular formula is C21H30N6O2. The maximum atomic E-state index is 12.4. The van der Waals surface area contributed by atoms with Gasteiger partial charge in [0.25, 0.3) is 5.56 Å². The zero-order valence-corrected chi connectivity index (χ0v) is 17.3. The fourth-order valence-corrected chi connectivity index (χ4v) is 4.40. The molecule has 29 heavy (non-hydrogen) atoms. The standard InChI is InChI=1S/C21H30N6O2/c1-3-4-5-6-12-22-19-23-20(25-21(24-19)29-2)27-14-15-10-11-17(27)16-8-7-9-18(28)26(16)13-15/h7-9,15,17H,3-6,10-14H2,1-2H3,(H,22,23,24,25). The van der Waals surface area contributed by atoms with Crippen LogP contribution in [0.4, 0.5) is 11.9 Å². The number of methoxy groups -OCH3 is 1. The summed E-state index contributed by atoms with van der Waals surface area (Å²) in [5.74, 6) is 1.57. The van der Waals surface area contributed by atoms with E-state index >= 15 is 0 Å². The van der Waals surface area contributed by atoms with Crippen molar-refractivity contribution in [1.29, 1.82) is 0 Å². The highest BCUT2D eigenvalue weighted by Gasteiger charge is 2.37. The summed E-state index contributed by atoms with van der Waals surface area (Å²) in [4.78, 5) is 28.2. The van der Waals surface area contributed by atoms with E-state index in [0.29, 0.717) is 23.8 Å². The van der Waals surface area contributed by atoms with E-state index in [2.05, 4.69) is 33.2 Å². The van der Waals surface area contributed by atoms with Gasteiger partial charge in [-0.1, -0.05) is 32.3 Å². The van der Waals surface area contributed by atoms with E-state index in [4.69, 9.17) is 9.72 Å². The highest BCUT2D eigenvalue weighted by atomic mass is 16.5. The van der Waals surface area contributed by atoms with Gasteiger partial charge >= 0.3 is 6.01 Å². The molecule has 2 atom stereocenters. The highest BCUT2D eigenvalue weighted by Crippen LogP contribution is 2.39. The molecule has 0 amide bonds. The molecule has 0 aromatic carbocycles. The number of aromatic nitrogens is 4. The fourth-order valence-electron chi connectivity index (χ4n) is 4.40. The lowest BCUT2D eigenvalue weighted by Gasteiger charge is -2.36. The van der Waals surface area contributed by atoms with Gasteiger partial charge in [0.15, 0.2) is 0 Å². The monoisotopic (exact) mass is 398 g/mol. The first kappa shape index (κ1) is 19.7. The maximum Gasteiger partial charge on any atom is 0.322 e. The first-order valence-electron chi connectivity index (χ1n) is 10.7. The molecule has 0 radical (unpaired) electrons. The van der Waals surface area contributed by atoms with E-state index in [9.17, 15) is 4.79 Å². The molecule has 1 fully saturated rings. The number of hydrogen-bond donors (Lipinski definition) is 1. The van der Waals surface area contributed by atoms with E-state index in [1.807, 2.05) is 10.6 Å². The Kier molecular flexibility index (Phi) is 5.97. The molecule has 0 saturated carbocycles. The molecule has 5 heterocycles. The summed E-state index contributed by atoms with van der Waals surface area (Å²) in [6.45, 7) is 4.62. The van der Waals surface area contributed by atoms with E-state index in [1.54, 1.807) is 13.2 Å². The SMILES string of the molecule is CCCCCCNc1nc(OC)nc(N2CC3CCC2c2cccc(=O)n2C3)n1. The number of nitrogens with zero attached hydrogens (tertiary/aromatic N) is 5. The van der Waals surface area contributed by atoms with Crippen molar-refractivity contribution in [3.8, 4) is 6.01 Å². The zero-order chi connectivity index (χ0) is 20.2. The molecule has 2 bridgehead atoms. The van der Waals surface area contributed by atoms with Crippen LogP contribution in [0.15, 0.2) is 23.0 Å². The lowest BCUT2D eigenvalue weighted by Crippen LogP contribution is -2.38. The normalized spacial score (nSPS) is 20.3. The Hall–Kier alpha value is -2.64. The molecular weight excluding hydrogens is 368 g/mol. The van der Waals surface area contributed by atoms with Crippen molar-refractivity contribution in [3.05, 3.63) is 34.2 Å². The summed E-state index contributed by atoms with van der Waals surface area (Å²) in [6, 6.07) is 5.95. The van der Waals surface area contributed by atoms with Crippen molar-refractivity contribution in [2.75, 3.05) is 30.4 Å². The van der Waals surface area contributed by atoms with E-state index in [1.165, 1.54) is 19.3 Å². The Morgan fingerprint density at radius 1 is 1.14 bits per heavy atom. The number of piperidine rings is 1. The van der Waals surface area contributed by atoms with Crippen molar-refractivity contribution in [1.82, 2.24) is 19.5 Å². The minimum atomic E-state index is 0.0731. The molecule has 2 aromatic heterocycles. The summed E-state index contributed by atoms with van der Waals surface area (Å²) in [7, 11) is 1.58. The predicted octanol–water partition coefficient (Wildman–Crippen LogP) is 3.01. The van der Waals surface area contributed by atoms with Crippen LogP contribution in [0.5, 0.6) is 6.01 Å². The summed E-state index contributed by atoms with van der Waals surface area (Å²) in [5.41, 5.74) is 1.12. The number of ether oxygens (including phenoxy) is 1. The van der Waals surface area contributed by atoms with Gasteiger partial charge in [-0.2, -0.15) is 15.0 Å². The first-order chi connectivity index (χ1) is 14.2. The average Bonchev–Trinajstić information content (AvgIpc) is 3.02. The third-order valence-electron chi connectivity index (χ3n) is 5.90. The molecule has 1 saturated heterocycles. The van der Waals surface area contributed by atoms with Gasteiger partial charge in [0.05, 0.1) is 13.2 Å². The van der Waals surface area contributed by atoms with Gasteiger partial charge in [0.2, 0.25) is 11.9 Å².